The van der Waals surface area contributed by atoms with Gasteiger partial charge in [-0.3, -0.25) is 14.4 Å². The van der Waals surface area contributed by atoms with Gasteiger partial charge in [0, 0.05) is 54.4 Å². The Morgan fingerprint density at radius 1 is 0.920 bits per heavy atom. The lowest BCUT2D eigenvalue weighted by molar-refractivity contribution is -0.284. The molecule has 8 fully saturated rings. The van der Waals surface area contributed by atoms with Gasteiger partial charge in [-0.1, -0.05) is 34.6 Å². The zero-order chi connectivity index (χ0) is 36.6. The van der Waals surface area contributed by atoms with Gasteiger partial charge < -0.3 is 49.5 Å². The SMILES string of the molecule is CC(=O)O[C@H]1C2C([C@@H](O)[C@@H](N)[C@H]3C[C@@H]4O[C@@H]4[C@H](O)[C@]23C)[C@@H]2[C@@H](OC(=O)C(C)C)[C@@H]3[C@H]([C@H](C)[C@H]4O[C@]45OC(=O)[C@@](C)(O)[C@]35C)[C@@]2(C)[C@H]1OC(C)=O. The fraction of sp³-hybridized carbons (Fsp3) is 0.889. The molecule has 5 N–H and O–H groups in total. The number of ether oxygens (including phenoxy) is 6. The summed E-state index contributed by atoms with van der Waals surface area (Å²) in [6, 6.07) is -0.854. The van der Waals surface area contributed by atoms with Crippen LogP contribution in [0.3, 0.4) is 0 Å². The molecule has 1 spiro atoms. The lowest BCUT2D eigenvalue weighted by Crippen LogP contribution is -2.76. The highest BCUT2D eigenvalue weighted by Crippen LogP contribution is 2.81. The second-order valence-electron chi connectivity index (χ2n) is 17.8. The summed E-state index contributed by atoms with van der Waals surface area (Å²) >= 11 is 0. The molecule has 5 aliphatic carbocycles. The number of epoxide rings is 2. The highest BCUT2D eigenvalue weighted by Gasteiger charge is 2.93. The zero-order valence-corrected chi connectivity index (χ0v) is 30.0. The van der Waals surface area contributed by atoms with E-state index in [9.17, 15) is 34.5 Å². The summed E-state index contributed by atoms with van der Waals surface area (Å²) in [5, 5.41) is 36.7. The Bertz CT molecular complexity index is 1550. The van der Waals surface area contributed by atoms with Gasteiger partial charge in [0.2, 0.25) is 5.79 Å². The summed E-state index contributed by atoms with van der Waals surface area (Å²) in [5.41, 5.74) is 1.06. The Balaban J connectivity index is 1.42. The Labute approximate surface area is 291 Å². The largest absolute Gasteiger partial charge is 0.462 e. The minimum atomic E-state index is -2.10. The molecule has 50 heavy (non-hydrogen) atoms. The summed E-state index contributed by atoms with van der Waals surface area (Å²) in [4.78, 5) is 53.6. The van der Waals surface area contributed by atoms with Crippen LogP contribution in [0.15, 0.2) is 0 Å². The first kappa shape index (κ1) is 34.7. The molecule has 0 bridgehead atoms. The van der Waals surface area contributed by atoms with E-state index in [1.165, 1.54) is 20.8 Å². The lowest BCUT2D eigenvalue weighted by Gasteiger charge is -2.67. The van der Waals surface area contributed by atoms with E-state index in [-0.39, 0.29) is 6.10 Å². The summed E-state index contributed by atoms with van der Waals surface area (Å²) in [5.74, 6) is -9.67. The van der Waals surface area contributed by atoms with Gasteiger partial charge >= 0.3 is 23.9 Å². The summed E-state index contributed by atoms with van der Waals surface area (Å²) in [6.45, 7) is 14.7. The van der Waals surface area contributed by atoms with Gasteiger partial charge in [-0.05, 0) is 38.0 Å². The summed E-state index contributed by atoms with van der Waals surface area (Å²) < 4.78 is 37.2. The third kappa shape index (κ3) is 3.75. The van der Waals surface area contributed by atoms with E-state index in [1.54, 1.807) is 20.8 Å². The Morgan fingerprint density at radius 3 is 2.14 bits per heavy atom. The molecule has 0 aromatic heterocycles. The average molecular weight is 706 g/mol. The molecule has 278 valence electrons. The van der Waals surface area contributed by atoms with Crippen molar-refractivity contribution in [2.75, 3.05) is 0 Å². The number of carbonyl (C=O) groups is 4. The number of carbonyl (C=O) groups excluding carboxylic acids is 4. The van der Waals surface area contributed by atoms with Crippen LogP contribution in [0, 0.1) is 63.6 Å². The molecule has 8 rings (SSSR count). The third-order valence-electron chi connectivity index (χ3n) is 15.5. The molecule has 0 aromatic rings. The number of hydrogen-bond acceptors (Lipinski definition) is 14. The van der Waals surface area contributed by atoms with Crippen molar-refractivity contribution in [3.63, 3.8) is 0 Å². The topological polar surface area (TPSA) is 217 Å². The van der Waals surface area contributed by atoms with Crippen molar-refractivity contribution >= 4 is 23.9 Å². The van der Waals surface area contributed by atoms with E-state index in [4.69, 9.17) is 34.2 Å². The van der Waals surface area contributed by atoms with Crippen molar-refractivity contribution < 1.29 is 62.9 Å². The third-order valence-corrected chi connectivity index (χ3v) is 15.5. The predicted octanol–water partition coefficient (Wildman–Crippen LogP) is 0.447. The van der Waals surface area contributed by atoms with Crippen LogP contribution in [0.1, 0.15) is 68.7 Å². The van der Waals surface area contributed by atoms with Gasteiger partial charge in [0.1, 0.15) is 30.5 Å². The number of hydrogen-bond donors (Lipinski definition) is 4. The van der Waals surface area contributed by atoms with Crippen LogP contribution in [0.2, 0.25) is 0 Å². The van der Waals surface area contributed by atoms with E-state index in [0.717, 1.165) is 0 Å². The smallest absolute Gasteiger partial charge is 0.341 e. The lowest BCUT2D eigenvalue weighted by atomic mass is 9.40. The highest BCUT2D eigenvalue weighted by molar-refractivity contribution is 5.84. The van der Waals surface area contributed by atoms with Gasteiger partial charge in [0.15, 0.2) is 5.60 Å². The molecule has 0 radical (unpaired) electrons. The first-order valence-electron chi connectivity index (χ1n) is 18.1. The molecule has 8 aliphatic rings. The van der Waals surface area contributed by atoms with Crippen molar-refractivity contribution in [3.8, 4) is 0 Å². The summed E-state index contributed by atoms with van der Waals surface area (Å²) in [7, 11) is 0. The molecule has 3 aliphatic heterocycles. The number of fused-ring (bicyclic) bond motifs is 9. The fourth-order valence-electron chi connectivity index (χ4n) is 13.2. The minimum Gasteiger partial charge on any atom is -0.462 e. The molecule has 2 unspecified atom stereocenters. The number of rotatable bonds is 4. The second-order valence-corrected chi connectivity index (χ2v) is 17.8. The van der Waals surface area contributed by atoms with Gasteiger partial charge in [-0.2, -0.15) is 0 Å². The Morgan fingerprint density at radius 2 is 1.54 bits per heavy atom. The monoisotopic (exact) mass is 705 g/mol. The standard InChI is InChI=1S/C36H51NO13/c1-11(2)30(42)48-25-19-17-20(32(6)15(22(37)23(17)40)10-16-24(47-16)27(32)41)26(45-13(4)38)29(46-14(5)39)33(19,7)18-12(3)28-36(49-28)34(8,21(18)25)35(9,44)31(43)50-36/h11-12,15-29,40-41,44H,10,37H2,1-9H3/t12-,15+,16-,17?,18-,19+,20?,21-,22-,23+,24-,25+,26-,27-,28+,29-,32-,33+,34-,35+,36-/m0/s1. The van der Waals surface area contributed by atoms with Crippen LogP contribution in [-0.4, -0.2) is 105 Å². The Hall–Kier alpha value is -2.36. The van der Waals surface area contributed by atoms with E-state index in [1.807, 2.05) is 20.8 Å². The molecule has 5 saturated carbocycles. The number of esters is 4. The zero-order valence-electron chi connectivity index (χ0n) is 30.0. The van der Waals surface area contributed by atoms with Crippen molar-refractivity contribution in [2.24, 2.45) is 69.3 Å². The molecule has 3 saturated heterocycles. The molecular weight excluding hydrogens is 654 g/mol. The summed E-state index contributed by atoms with van der Waals surface area (Å²) in [6.07, 6.45) is -6.66. The van der Waals surface area contributed by atoms with E-state index < -0.39 is 148 Å². The Kier molecular flexibility index (Phi) is 7.07. The maximum absolute atomic E-state index is 13.8. The van der Waals surface area contributed by atoms with E-state index >= 15 is 0 Å². The first-order chi connectivity index (χ1) is 23.1. The van der Waals surface area contributed by atoms with E-state index in [2.05, 4.69) is 0 Å². The van der Waals surface area contributed by atoms with Crippen LogP contribution in [-0.2, 0) is 47.6 Å². The van der Waals surface area contributed by atoms with Crippen molar-refractivity contribution in [3.05, 3.63) is 0 Å². The molecule has 14 nitrogen and oxygen atoms in total. The maximum atomic E-state index is 13.8. The first-order valence-corrected chi connectivity index (χ1v) is 18.1. The molecular formula is C36H51NO13. The fourth-order valence-corrected chi connectivity index (χ4v) is 13.2. The number of aliphatic hydroxyl groups is 3. The normalized spacial score (nSPS) is 59.3. The van der Waals surface area contributed by atoms with Crippen LogP contribution < -0.4 is 5.73 Å². The maximum Gasteiger partial charge on any atom is 0.341 e. The van der Waals surface area contributed by atoms with Crippen molar-refractivity contribution in [1.29, 1.82) is 0 Å². The van der Waals surface area contributed by atoms with Crippen LogP contribution in [0.4, 0.5) is 0 Å². The predicted molar refractivity (Wildman–Crippen MR) is 168 cm³/mol. The van der Waals surface area contributed by atoms with E-state index in [0.29, 0.717) is 6.42 Å². The van der Waals surface area contributed by atoms with Crippen LogP contribution in [0.5, 0.6) is 0 Å². The molecule has 0 aromatic carbocycles. The molecule has 3 heterocycles. The quantitative estimate of drug-likeness (QED) is 0.178. The van der Waals surface area contributed by atoms with Crippen molar-refractivity contribution in [2.45, 2.75) is 135 Å². The number of aliphatic hydroxyl groups excluding tert-OH is 2. The molecule has 14 heteroatoms. The molecule has 0 amide bonds. The minimum absolute atomic E-state index is 0.233. The average Bonchev–Trinajstić information content (AvgIpc) is 3.92. The molecule has 21 atom stereocenters. The van der Waals surface area contributed by atoms with Crippen LogP contribution >= 0.6 is 0 Å². The van der Waals surface area contributed by atoms with Gasteiger partial charge in [-0.15, -0.1) is 0 Å². The van der Waals surface area contributed by atoms with Crippen LogP contribution in [0.25, 0.3) is 0 Å². The van der Waals surface area contributed by atoms with Gasteiger partial charge in [-0.25, -0.2) is 4.79 Å². The van der Waals surface area contributed by atoms with Crippen molar-refractivity contribution in [1.82, 2.24) is 0 Å². The van der Waals surface area contributed by atoms with Gasteiger partial charge in [0.05, 0.1) is 29.6 Å². The van der Waals surface area contributed by atoms with Gasteiger partial charge in [0.25, 0.3) is 0 Å². The highest BCUT2D eigenvalue weighted by atomic mass is 16.8. The number of nitrogens with two attached hydrogens (primary N) is 1. The second kappa shape index (κ2) is 10.2.